The molecule has 1 unspecified atom stereocenters. The molecule has 1 aliphatic heterocycles. The molecule has 3 aromatic rings. The third-order valence-electron chi connectivity index (χ3n) is 8.88. The number of ether oxygens (including phenoxy) is 3. The number of halogens is 4. The van der Waals surface area contributed by atoms with Gasteiger partial charge in [0.2, 0.25) is 5.88 Å². The van der Waals surface area contributed by atoms with E-state index in [1.165, 1.54) is 16.8 Å². The molecule has 2 fully saturated rings. The number of amides is 2. The van der Waals surface area contributed by atoms with E-state index < -0.39 is 23.1 Å². The first-order chi connectivity index (χ1) is 23.5. The zero-order valence-electron chi connectivity index (χ0n) is 28.8. The zero-order chi connectivity index (χ0) is 36.3. The van der Waals surface area contributed by atoms with Crippen LogP contribution >= 0.6 is 23.5 Å². The van der Waals surface area contributed by atoms with E-state index >= 15 is 0 Å². The monoisotopic (exact) mass is 737 g/mol. The molecule has 272 valence electrons. The predicted octanol–water partition coefficient (Wildman–Crippen LogP) is 8.81. The summed E-state index contributed by atoms with van der Waals surface area (Å²) < 4.78 is 60.7. The molecule has 1 atom stereocenters. The summed E-state index contributed by atoms with van der Waals surface area (Å²) in [6, 6.07) is 12.0. The summed E-state index contributed by atoms with van der Waals surface area (Å²) in [5, 5.41) is 4.16. The molecule has 0 radical (unpaired) electrons. The number of benzene rings is 1. The summed E-state index contributed by atoms with van der Waals surface area (Å²) in [6.45, 7) is 10.1. The first-order valence-electron chi connectivity index (χ1n) is 16.6. The van der Waals surface area contributed by atoms with E-state index in [1.807, 2.05) is 49.9 Å². The van der Waals surface area contributed by atoms with Gasteiger partial charge in [-0.25, -0.2) is 14.5 Å². The van der Waals surface area contributed by atoms with Crippen molar-refractivity contribution >= 4 is 35.5 Å². The number of pyridine rings is 1. The van der Waals surface area contributed by atoms with Crippen molar-refractivity contribution in [1.29, 1.82) is 0 Å². The molecule has 3 heterocycles. The molecule has 2 amide bonds. The number of hydrogen-bond acceptors (Lipinski definition) is 8. The van der Waals surface area contributed by atoms with Gasteiger partial charge in [-0.05, 0) is 122 Å². The van der Waals surface area contributed by atoms with E-state index in [4.69, 9.17) is 25.8 Å². The van der Waals surface area contributed by atoms with Crippen molar-refractivity contribution in [2.24, 2.45) is 5.41 Å². The summed E-state index contributed by atoms with van der Waals surface area (Å²) in [5.41, 5.74) is -2.32. The molecule has 10 nitrogen and oxygen atoms in total. The summed E-state index contributed by atoms with van der Waals surface area (Å²) in [6.07, 6.45) is 0.526. The molecule has 15 heteroatoms. The normalized spacial score (nSPS) is 18.1. The topological polar surface area (TPSA) is 108 Å². The predicted molar refractivity (Wildman–Crippen MR) is 184 cm³/mol. The Morgan fingerprint density at radius 1 is 1.06 bits per heavy atom. The average Bonchev–Trinajstić information content (AvgIpc) is 3.58. The third-order valence-corrected chi connectivity index (χ3v) is 9.94. The highest BCUT2D eigenvalue weighted by Crippen LogP contribution is 2.59. The molecule has 1 aromatic carbocycles. The Bertz CT molecular complexity index is 1670. The summed E-state index contributed by atoms with van der Waals surface area (Å²) >= 11 is 7.45. The van der Waals surface area contributed by atoms with Gasteiger partial charge in [0.15, 0.2) is 5.82 Å². The second-order valence-corrected chi connectivity index (χ2v) is 15.6. The van der Waals surface area contributed by atoms with Crippen LogP contribution in [0.4, 0.5) is 18.0 Å². The van der Waals surface area contributed by atoms with Gasteiger partial charge in [-0.3, -0.25) is 9.52 Å². The molecule has 1 N–H and O–H groups in total. The van der Waals surface area contributed by atoms with Crippen LogP contribution in [0.1, 0.15) is 89.9 Å². The van der Waals surface area contributed by atoms with Crippen molar-refractivity contribution in [3.05, 3.63) is 59.4 Å². The maximum absolute atomic E-state index is 13.2. The number of likely N-dealkylation sites (tertiary alicyclic amines) is 1. The number of hydrogen-bond donors (Lipinski definition) is 1. The largest absolute Gasteiger partial charge is 0.494 e. The number of carbonyl (C=O) groups excluding carboxylic acids is 2. The molecular formula is C35H43ClF3N5O5S. The summed E-state index contributed by atoms with van der Waals surface area (Å²) in [4.78, 5) is 32.8. The molecule has 50 heavy (non-hydrogen) atoms. The first-order valence-corrected chi connectivity index (χ1v) is 17.8. The van der Waals surface area contributed by atoms with Crippen LogP contribution in [0.3, 0.4) is 0 Å². The van der Waals surface area contributed by atoms with Gasteiger partial charge in [-0.2, -0.15) is 13.2 Å². The van der Waals surface area contributed by atoms with Gasteiger partial charge in [-0.15, -0.1) is 5.10 Å². The Morgan fingerprint density at radius 3 is 2.50 bits per heavy atom. The van der Waals surface area contributed by atoms with Crippen molar-refractivity contribution in [2.45, 2.75) is 108 Å². The third kappa shape index (κ3) is 9.36. The minimum Gasteiger partial charge on any atom is -0.494 e. The number of nitrogens with zero attached hydrogens (tertiary/aromatic N) is 4. The quantitative estimate of drug-likeness (QED) is 0.105. The van der Waals surface area contributed by atoms with Crippen molar-refractivity contribution < 1.29 is 37.0 Å². The molecule has 1 aliphatic carbocycles. The van der Waals surface area contributed by atoms with E-state index in [2.05, 4.69) is 28.7 Å². The maximum atomic E-state index is 13.2. The van der Waals surface area contributed by atoms with Gasteiger partial charge < -0.3 is 19.1 Å². The first kappa shape index (κ1) is 37.6. The molecule has 0 bridgehead atoms. The van der Waals surface area contributed by atoms with Crippen molar-refractivity contribution in [3.8, 4) is 17.4 Å². The number of carbonyl (C=O) groups is 2. The van der Waals surface area contributed by atoms with E-state index in [9.17, 15) is 22.8 Å². The minimum absolute atomic E-state index is 0.0487. The fourth-order valence-corrected chi connectivity index (χ4v) is 6.83. The molecule has 5 rings (SSSR count). The fraction of sp³-hybridized carbons (Fsp3) is 0.543. The van der Waals surface area contributed by atoms with Crippen LogP contribution in [-0.4, -0.2) is 68.2 Å². The van der Waals surface area contributed by atoms with Crippen LogP contribution in [0.2, 0.25) is 5.15 Å². The van der Waals surface area contributed by atoms with Crippen LogP contribution in [0.15, 0.2) is 53.6 Å². The van der Waals surface area contributed by atoms with Crippen LogP contribution in [0, 0.1) is 5.41 Å². The van der Waals surface area contributed by atoms with Crippen LogP contribution in [-0.2, 0) is 4.74 Å². The van der Waals surface area contributed by atoms with Gasteiger partial charge in [0.25, 0.3) is 5.91 Å². The molecule has 2 aliphatic rings. The number of rotatable bonds is 13. The molecular weight excluding hydrogens is 695 g/mol. The summed E-state index contributed by atoms with van der Waals surface area (Å²) in [5.74, 6) is 0.664. The van der Waals surface area contributed by atoms with E-state index in [-0.39, 0.29) is 60.1 Å². The molecule has 1 saturated carbocycles. The highest BCUT2D eigenvalue weighted by molar-refractivity contribution is 7.98. The lowest BCUT2D eigenvalue weighted by atomic mass is 10.0. The average molecular weight is 738 g/mol. The van der Waals surface area contributed by atoms with Gasteiger partial charge in [0, 0.05) is 28.7 Å². The highest BCUT2D eigenvalue weighted by atomic mass is 35.5. The Morgan fingerprint density at radius 2 is 1.82 bits per heavy atom. The lowest BCUT2D eigenvalue weighted by molar-refractivity contribution is -0.190. The molecule has 0 spiro atoms. The van der Waals surface area contributed by atoms with Crippen molar-refractivity contribution in [1.82, 2.24) is 24.4 Å². The fourth-order valence-electron chi connectivity index (χ4n) is 5.95. The number of nitrogens with one attached hydrogen (secondary N) is 1. The molecule has 2 aromatic heterocycles. The maximum Gasteiger partial charge on any atom is 0.410 e. The van der Waals surface area contributed by atoms with Gasteiger partial charge in [0.05, 0.1) is 24.2 Å². The smallest absolute Gasteiger partial charge is 0.410 e. The Balaban J connectivity index is 1.07. The van der Waals surface area contributed by atoms with Crippen LogP contribution in [0.25, 0.3) is 5.82 Å². The van der Waals surface area contributed by atoms with Crippen molar-refractivity contribution in [2.75, 3.05) is 13.2 Å². The second-order valence-electron chi connectivity index (χ2n) is 14.3. The lowest BCUT2D eigenvalue weighted by Gasteiger charge is -2.37. The Hall–Kier alpha value is -3.65. The molecule has 1 saturated heterocycles. The number of aromatic nitrogens is 3. The number of alkyl halides is 3. The van der Waals surface area contributed by atoms with Gasteiger partial charge in [-0.1, -0.05) is 17.7 Å². The summed E-state index contributed by atoms with van der Waals surface area (Å²) in [7, 11) is 0. The van der Waals surface area contributed by atoms with E-state index in [0.29, 0.717) is 18.2 Å². The second kappa shape index (κ2) is 14.9. The minimum atomic E-state index is -4.23. The zero-order valence-corrected chi connectivity index (χ0v) is 30.4. The standard InChI is InChI=1S/C35H43ClF3N5O5S/c1-32(2,3)49-31(46)44-23(13-15-33(44,4)5)8-7-20-47-24-9-6-10-25(22-24)50-42-30(45)26-11-12-27(40-29(26)36)43-19-14-28(41-43)48-21-18-34(16-17-34)35(37,38)39/h6,9-12,14,19,22-23H,7-8,13,15-18,20-21H2,1-5H3,(H,42,45). The highest BCUT2D eigenvalue weighted by Gasteiger charge is 2.62. The van der Waals surface area contributed by atoms with Crippen LogP contribution in [0.5, 0.6) is 11.6 Å². The van der Waals surface area contributed by atoms with Gasteiger partial charge in [0.1, 0.15) is 16.5 Å². The van der Waals surface area contributed by atoms with Crippen LogP contribution < -0.4 is 14.2 Å². The Kier molecular flexibility index (Phi) is 11.2. The van der Waals surface area contributed by atoms with Gasteiger partial charge >= 0.3 is 12.3 Å². The Labute approximate surface area is 299 Å². The van der Waals surface area contributed by atoms with E-state index in [1.54, 1.807) is 12.3 Å². The van der Waals surface area contributed by atoms with Crippen molar-refractivity contribution in [3.63, 3.8) is 0 Å². The van der Waals surface area contributed by atoms with E-state index in [0.717, 1.165) is 42.5 Å². The SMILES string of the molecule is CC(C)(C)OC(=O)N1C(CCCOc2cccc(SNC(=O)c3ccc(-n4ccc(OCCC5(C(F)(F)F)CC5)n4)nc3Cl)c2)CCC1(C)C. The lowest BCUT2D eigenvalue weighted by Crippen LogP contribution is -2.49.